The molecule has 3 aliphatic heterocycles. The summed E-state index contributed by atoms with van der Waals surface area (Å²) in [5.74, 6) is -0.261. The summed E-state index contributed by atoms with van der Waals surface area (Å²) in [7, 11) is 0. The van der Waals surface area contributed by atoms with E-state index in [2.05, 4.69) is 25.6 Å². The third-order valence-electron chi connectivity index (χ3n) is 6.76. The van der Waals surface area contributed by atoms with Gasteiger partial charge in [-0.05, 0) is 38.8 Å². The van der Waals surface area contributed by atoms with Crippen molar-refractivity contribution in [1.82, 2.24) is 30.3 Å². The molecule has 5 rings (SSSR count). The van der Waals surface area contributed by atoms with E-state index < -0.39 is 11.7 Å². The van der Waals surface area contributed by atoms with E-state index in [-0.39, 0.29) is 18.4 Å². The van der Waals surface area contributed by atoms with E-state index in [0.717, 1.165) is 49.9 Å². The number of hydrogen-bond acceptors (Lipinski definition) is 6. The lowest BCUT2D eigenvalue weighted by Crippen LogP contribution is -2.49. The van der Waals surface area contributed by atoms with E-state index >= 15 is 4.39 Å². The number of alkyl halides is 1. The Balaban J connectivity index is 1.29. The van der Waals surface area contributed by atoms with Crippen molar-refractivity contribution in [1.29, 1.82) is 0 Å². The molecule has 166 valence electrons. The van der Waals surface area contributed by atoms with Crippen molar-refractivity contribution in [2.45, 2.75) is 43.8 Å². The van der Waals surface area contributed by atoms with Gasteiger partial charge in [0.15, 0.2) is 0 Å². The number of piperidine rings is 2. The Morgan fingerprint density at radius 2 is 1.87 bits per heavy atom. The molecular weight excluding hydrogens is 401 g/mol. The Hall–Kier alpha value is -2.59. The molecule has 0 unspecified atom stereocenters. The number of hydrogen-bond donors (Lipinski definition) is 2. The van der Waals surface area contributed by atoms with Crippen molar-refractivity contribution < 1.29 is 14.0 Å². The van der Waals surface area contributed by atoms with Crippen LogP contribution < -0.4 is 15.5 Å². The van der Waals surface area contributed by atoms with Crippen LogP contribution in [0.4, 0.5) is 14.9 Å². The molecule has 31 heavy (non-hydrogen) atoms. The van der Waals surface area contributed by atoms with Crippen LogP contribution in [-0.4, -0.2) is 76.5 Å². The molecule has 0 aliphatic carbocycles. The second kappa shape index (κ2) is 8.16. The fraction of sp³-hybridized carbons (Fsp3) is 0.619. The normalized spacial score (nSPS) is 23.3. The number of pyridine rings is 1. The topological polar surface area (TPSA) is 95.4 Å². The molecule has 0 radical (unpaired) electrons. The molecule has 0 aromatic carbocycles. The van der Waals surface area contributed by atoms with Gasteiger partial charge in [-0.1, -0.05) is 0 Å². The maximum atomic E-state index is 15.0. The summed E-state index contributed by atoms with van der Waals surface area (Å²) in [6, 6.07) is -0.212. The van der Waals surface area contributed by atoms with Crippen molar-refractivity contribution in [2.75, 3.05) is 44.2 Å². The fourth-order valence-corrected chi connectivity index (χ4v) is 5.00. The molecule has 2 aromatic rings. The number of carbonyl (C=O) groups is 2. The van der Waals surface area contributed by atoms with Crippen molar-refractivity contribution in [3.8, 4) is 0 Å². The summed E-state index contributed by atoms with van der Waals surface area (Å²) in [6.45, 7) is 4.03. The Morgan fingerprint density at radius 3 is 2.61 bits per heavy atom. The monoisotopic (exact) mass is 429 g/mol. The number of imide groups is 1. The largest absolute Gasteiger partial charge is 0.328 e. The fourth-order valence-electron chi connectivity index (χ4n) is 5.00. The highest BCUT2D eigenvalue weighted by atomic mass is 19.1. The SMILES string of the molecule is O=C1CCN(c2cncc3c2cnn3C2CCN(CC3(F)CCNCC3)CC2)C(=O)N1. The number of halogens is 1. The highest BCUT2D eigenvalue weighted by molar-refractivity contribution is 6.09. The van der Waals surface area contributed by atoms with Gasteiger partial charge in [-0.15, -0.1) is 0 Å². The third kappa shape index (κ3) is 4.01. The summed E-state index contributed by atoms with van der Waals surface area (Å²) >= 11 is 0. The van der Waals surface area contributed by atoms with Crippen molar-refractivity contribution in [2.24, 2.45) is 0 Å². The highest BCUT2D eigenvalue weighted by Gasteiger charge is 2.35. The molecule has 0 bridgehead atoms. The second-order valence-corrected chi connectivity index (χ2v) is 8.84. The van der Waals surface area contributed by atoms with E-state index in [1.54, 1.807) is 23.5 Å². The molecule has 10 heteroatoms. The maximum absolute atomic E-state index is 15.0. The first kappa shape index (κ1) is 20.3. The lowest BCUT2D eigenvalue weighted by Gasteiger charge is -2.38. The Kier molecular flexibility index (Phi) is 5.35. The maximum Gasteiger partial charge on any atom is 0.328 e. The summed E-state index contributed by atoms with van der Waals surface area (Å²) in [5.41, 5.74) is 0.462. The molecular formula is C21H28FN7O2. The van der Waals surface area contributed by atoms with Crippen LogP contribution >= 0.6 is 0 Å². The van der Waals surface area contributed by atoms with Gasteiger partial charge in [0.25, 0.3) is 0 Å². The Bertz CT molecular complexity index is 979. The third-order valence-corrected chi connectivity index (χ3v) is 6.76. The van der Waals surface area contributed by atoms with Gasteiger partial charge < -0.3 is 10.2 Å². The van der Waals surface area contributed by atoms with Gasteiger partial charge in [-0.2, -0.15) is 5.10 Å². The van der Waals surface area contributed by atoms with Crippen LogP contribution in [0, 0.1) is 0 Å². The van der Waals surface area contributed by atoms with Crippen LogP contribution in [0.25, 0.3) is 10.9 Å². The van der Waals surface area contributed by atoms with Crippen molar-refractivity contribution in [3.05, 3.63) is 18.6 Å². The second-order valence-electron chi connectivity index (χ2n) is 8.84. The molecule has 0 saturated carbocycles. The first-order valence-electron chi connectivity index (χ1n) is 11.1. The predicted octanol–water partition coefficient (Wildman–Crippen LogP) is 1.61. The minimum Gasteiger partial charge on any atom is -0.316 e. The van der Waals surface area contributed by atoms with E-state index in [0.29, 0.717) is 31.6 Å². The number of carbonyl (C=O) groups excluding carboxylic acids is 2. The molecule has 9 nitrogen and oxygen atoms in total. The van der Waals surface area contributed by atoms with E-state index in [9.17, 15) is 9.59 Å². The molecule has 0 atom stereocenters. The summed E-state index contributed by atoms with van der Waals surface area (Å²) in [5, 5.41) is 11.1. The molecule has 5 heterocycles. The van der Waals surface area contributed by atoms with Crippen LogP contribution in [0.3, 0.4) is 0 Å². The standard InChI is InChI=1S/C21H28FN7O2/c22-21(4-6-23-7-5-21)14-27-8-1-15(2-9-27)29-18-13-24-12-17(16(18)11-25-29)28-10-3-19(30)26-20(28)31/h11-13,15,23H,1-10,14H2,(H,26,30,31). The van der Waals surface area contributed by atoms with Gasteiger partial charge in [0, 0.05) is 38.0 Å². The Labute approximate surface area is 180 Å². The Morgan fingerprint density at radius 1 is 1.10 bits per heavy atom. The highest BCUT2D eigenvalue weighted by Crippen LogP contribution is 2.32. The van der Waals surface area contributed by atoms with Crippen LogP contribution in [0.5, 0.6) is 0 Å². The zero-order valence-corrected chi connectivity index (χ0v) is 17.5. The molecule has 2 aromatic heterocycles. The minimum atomic E-state index is -1.08. The number of nitrogens with one attached hydrogen (secondary N) is 2. The van der Waals surface area contributed by atoms with Crippen molar-refractivity contribution >= 4 is 28.5 Å². The number of aromatic nitrogens is 3. The lowest BCUT2D eigenvalue weighted by molar-refractivity contribution is -0.120. The molecule has 0 spiro atoms. The molecule has 3 amide bonds. The van der Waals surface area contributed by atoms with Gasteiger partial charge >= 0.3 is 6.03 Å². The molecule has 2 N–H and O–H groups in total. The zero-order chi connectivity index (χ0) is 21.4. The first-order valence-corrected chi connectivity index (χ1v) is 11.1. The minimum absolute atomic E-state index is 0.214. The van der Waals surface area contributed by atoms with E-state index in [1.165, 1.54) is 0 Å². The smallest absolute Gasteiger partial charge is 0.316 e. The molecule has 3 saturated heterocycles. The summed E-state index contributed by atoms with van der Waals surface area (Å²) in [4.78, 5) is 31.9. The van der Waals surface area contributed by atoms with Crippen LogP contribution in [0.2, 0.25) is 0 Å². The van der Waals surface area contributed by atoms with Crippen molar-refractivity contribution in [3.63, 3.8) is 0 Å². The zero-order valence-electron chi connectivity index (χ0n) is 17.5. The number of fused-ring (bicyclic) bond motifs is 1. The quantitative estimate of drug-likeness (QED) is 0.767. The number of rotatable bonds is 4. The average Bonchev–Trinajstić information content (AvgIpc) is 3.19. The van der Waals surface area contributed by atoms with Crippen LogP contribution in [0.1, 0.15) is 38.1 Å². The van der Waals surface area contributed by atoms with Gasteiger partial charge in [-0.25, -0.2) is 9.18 Å². The van der Waals surface area contributed by atoms with E-state index in [4.69, 9.17) is 0 Å². The van der Waals surface area contributed by atoms with Gasteiger partial charge in [0.2, 0.25) is 5.91 Å². The van der Waals surface area contributed by atoms with E-state index in [1.807, 2.05) is 4.68 Å². The number of urea groups is 1. The molecule has 3 fully saturated rings. The average molecular weight is 430 g/mol. The number of anilines is 1. The van der Waals surface area contributed by atoms with Gasteiger partial charge in [-0.3, -0.25) is 24.7 Å². The number of nitrogens with zero attached hydrogens (tertiary/aromatic N) is 5. The van der Waals surface area contributed by atoms with Crippen LogP contribution in [-0.2, 0) is 4.79 Å². The summed E-state index contributed by atoms with van der Waals surface area (Å²) in [6.07, 6.45) is 8.42. The molecule has 3 aliphatic rings. The van der Waals surface area contributed by atoms with Gasteiger partial charge in [0.05, 0.1) is 35.8 Å². The van der Waals surface area contributed by atoms with Gasteiger partial charge in [0.1, 0.15) is 5.67 Å². The number of amides is 3. The number of likely N-dealkylation sites (tertiary alicyclic amines) is 1. The predicted molar refractivity (Wildman–Crippen MR) is 114 cm³/mol. The summed E-state index contributed by atoms with van der Waals surface area (Å²) < 4.78 is 17.0. The lowest BCUT2D eigenvalue weighted by atomic mass is 9.92. The first-order chi connectivity index (χ1) is 15.0. The van der Waals surface area contributed by atoms with Crippen LogP contribution in [0.15, 0.2) is 18.6 Å².